The van der Waals surface area contributed by atoms with Crippen molar-refractivity contribution in [1.82, 2.24) is 0 Å². The average Bonchev–Trinajstić information content (AvgIpc) is 2.84. The molecule has 0 amide bonds. The summed E-state index contributed by atoms with van der Waals surface area (Å²) in [5.74, 6) is 0.949. The molecule has 15 heavy (non-hydrogen) atoms. The molecular weight excluding hydrogens is 292 g/mol. The lowest BCUT2D eigenvalue weighted by atomic mass is 10.0. The van der Waals surface area contributed by atoms with Crippen molar-refractivity contribution in [2.45, 2.75) is 43.9 Å². The van der Waals surface area contributed by atoms with Crippen molar-refractivity contribution in [3.63, 3.8) is 0 Å². The van der Waals surface area contributed by atoms with Crippen molar-refractivity contribution in [2.24, 2.45) is 5.92 Å². The molecule has 0 radical (unpaired) electrons. The quantitative estimate of drug-likeness (QED) is 0.620. The molecule has 1 atom stereocenters. The Morgan fingerprint density at radius 2 is 2.20 bits per heavy atom. The van der Waals surface area contributed by atoms with Crippen LogP contribution in [0.2, 0.25) is 0 Å². The number of thiophene rings is 1. The molecule has 0 aromatic carbocycles. The molecule has 1 fully saturated rings. The van der Waals surface area contributed by atoms with Crippen molar-refractivity contribution in [1.29, 1.82) is 0 Å². The zero-order valence-corrected chi connectivity index (χ0v) is 11.9. The van der Waals surface area contributed by atoms with E-state index in [9.17, 15) is 0 Å². The molecule has 1 saturated carbocycles. The third kappa shape index (κ3) is 3.21. The Hall–Kier alpha value is 0.470. The smallest absolute Gasteiger partial charge is 0.0690 e. The molecule has 1 unspecified atom stereocenters. The van der Waals surface area contributed by atoms with E-state index in [1.165, 1.54) is 41.5 Å². The van der Waals surface area contributed by atoms with Crippen molar-refractivity contribution in [3.8, 4) is 0 Å². The summed E-state index contributed by atoms with van der Waals surface area (Å²) in [5.41, 5.74) is 0. The van der Waals surface area contributed by atoms with Crippen molar-refractivity contribution < 1.29 is 0 Å². The summed E-state index contributed by atoms with van der Waals surface area (Å²) in [6.07, 6.45) is 8.15. The maximum atomic E-state index is 6.41. The Morgan fingerprint density at radius 1 is 1.47 bits per heavy atom. The van der Waals surface area contributed by atoms with Crippen molar-refractivity contribution in [3.05, 3.63) is 20.8 Å². The van der Waals surface area contributed by atoms with Crippen molar-refractivity contribution >= 4 is 38.9 Å². The standard InChI is InChI=1S/C12H16BrClS/c13-10-7-8-15-12(10)11(14)6-5-9-3-1-2-4-9/h7-9,11H,1-6H2. The second kappa shape index (κ2) is 5.70. The molecule has 1 aliphatic rings. The molecular formula is C12H16BrClS. The highest BCUT2D eigenvalue weighted by atomic mass is 79.9. The van der Waals surface area contributed by atoms with Crippen LogP contribution in [0.3, 0.4) is 0 Å². The molecule has 3 heteroatoms. The number of alkyl halides is 1. The molecule has 1 heterocycles. The van der Waals surface area contributed by atoms with Crippen LogP contribution in [0.4, 0.5) is 0 Å². The lowest BCUT2D eigenvalue weighted by molar-refractivity contribution is 0.480. The van der Waals surface area contributed by atoms with Gasteiger partial charge in [-0.3, -0.25) is 0 Å². The highest BCUT2D eigenvalue weighted by Gasteiger charge is 2.18. The van der Waals surface area contributed by atoms with Gasteiger partial charge in [0, 0.05) is 9.35 Å². The first kappa shape index (κ1) is 11.9. The van der Waals surface area contributed by atoms with Gasteiger partial charge in [-0.2, -0.15) is 0 Å². The van der Waals surface area contributed by atoms with Crippen LogP contribution in [0.1, 0.15) is 48.8 Å². The summed E-state index contributed by atoms with van der Waals surface area (Å²) in [5, 5.41) is 2.31. The Labute approximate surface area is 109 Å². The van der Waals surface area contributed by atoms with E-state index in [1.54, 1.807) is 11.3 Å². The molecule has 1 aromatic heterocycles. The van der Waals surface area contributed by atoms with E-state index in [-0.39, 0.29) is 5.38 Å². The lowest BCUT2D eigenvalue weighted by Gasteiger charge is -2.12. The first-order valence-corrected chi connectivity index (χ1v) is 7.75. The SMILES string of the molecule is ClC(CCC1CCCC1)c1sccc1Br. The van der Waals surface area contributed by atoms with Gasteiger partial charge in [-0.25, -0.2) is 0 Å². The van der Waals surface area contributed by atoms with Gasteiger partial charge in [-0.15, -0.1) is 22.9 Å². The Balaban J connectivity index is 1.81. The zero-order valence-electron chi connectivity index (χ0n) is 8.72. The summed E-state index contributed by atoms with van der Waals surface area (Å²) < 4.78 is 1.18. The van der Waals surface area contributed by atoms with Gasteiger partial charge >= 0.3 is 0 Å². The second-order valence-electron chi connectivity index (χ2n) is 4.33. The minimum absolute atomic E-state index is 0.208. The van der Waals surface area contributed by atoms with Crippen LogP contribution < -0.4 is 0 Å². The monoisotopic (exact) mass is 306 g/mol. The Morgan fingerprint density at radius 3 is 2.80 bits per heavy atom. The highest BCUT2D eigenvalue weighted by molar-refractivity contribution is 9.10. The average molecular weight is 308 g/mol. The van der Waals surface area contributed by atoms with Gasteiger partial charge in [0.05, 0.1) is 5.38 Å². The predicted octanol–water partition coefficient (Wildman–Crippen LogP) is 5.76. The van der Waals surface area contributed by atoms with Crippen LogP contribution in [0.15, 0.2) is 15.9 Å². The molecule has 0 bridgehead atoms. The summed E-state index contributed by atoms with van der Waals surface area (Å²) in [6.45, 7) is 0. The molecule has 0 aliphatic heterocycles. The number of rotatable bonds is 4. The minimum atomic E-state index is 0.208. The number of halogens is 2. The van der Waals surface area contributed by atoms with Crippen LogP contribution in [0.25, 0.3) is 0 Å². The third-order valence-electron chi connectivity index (χ3n) is 3.23. The van der Waals surface area contributed by atoms with Crippen LogP contribution in [0, 0.1) is 5.92 Å². The van der Waals surface area contributed by atoms with E-state index in [0.29, 0.717) is 0 Å². The first-order valence-electron chi connectivity index (χ1n) is 5.64. The largest absolute Gasteiger partial charge is 0.146 e. The molecule has 0 nitrogen and oxygen atoms in total. The molecule has 2 rings (SSSR count). The fourth-order valence-corrected chi connectivity index (χ4v) is 4.53. The maximum Gasteiger partial charge on any atom is 0.0690 e. The lowest BCUT2D eigenvalue weighted by Crippen LogP contribution is -1.96. The number of hydrogen-bond donors (Lipinski definition) is 0. The van der Waals surface area contributed by atoms with Crippen LogP contribution in [-0.2, 0) is 0 Å². The van der Waals surface area contributed by atoms with E-state index in [0.717, 1.165) is 12.3 Å². The molecule has 0 N–H and O–H groups in total. The molecule has 1 aliphatic carbocycles. The molecule has 0 spiro atoms. The maximum absolute atomic E-state index is 6.41. The first-order chi connectivity index (χ1) is 7.27. The molecule has 0 saturated heterocycles. The Bertz CT molecular complexity index is 304. The van der Waals surface area contributed by atoms with E-state index >= 15 is 0 Å². The summed E-state index contributed by atoms with van der Waals surface area (Å²) in [7, 11) is 0. The van der Waals surface area contributed by atoms with Crippen LogP contribution >= 0.6 is 38.9 Å². The second-order valence-corrected chi connectivity index (χ2v) is 6.66. The predicted molar refractivity (Wildman–Crippen MR) is 71.8 cm³/mol. The van der Waals surface area contributed by atoms with Gasteiger partial charge < -0.3 is 0 Å². The zero-order chi connectivity index (χ0) is 10.7. The normalized spacial score (nSPS) is 19.6. The van der Waals surface area contributed by atoms with E-state index in [1.807, 2.05) is 0 Å². The van der Waals surface area contributed by atoms with E-state index in [4.69, 9.17) is 11.6 Å². The van der Waals surface area contributed by atoms with Crippen molar-refractivity contribution in [2.75, 3.05) is 0 Å². The molecule has 84 valence electrons. The van der Waals surface area contributed by atoms with Gasteiger partial charge in [-0.1, -0.05) is 25.7 Å². The van der Waals surface area contributed by atoms with E-state index in [2.05, 4.69) is 27.4 Å². The van der Waals surface area contributed by atoms with Gasteiger partial charge in [0.2, 0.25) is 0 Å². The highest BCUT2D eigenvalue weighted by Crippen LogP contribution is 2.38. The van der Waals surface area contributed by atoms with Gasteiger partial charge in [0.25, 0.3) is 0 Å². The topological polar surface area (TPSA) is 0 Å². The summed E-state index contributed by atoms with van der Waals surface area (Å²) in [4.78, 5) is 1.30. The number of hydrogen-bond acceptors (Lipinski definition) is 1. The van der Waals surface area contributed by atoms with Crippen LogP contribution in [-0.4, -0.2) is 0 Å². The summed E-state index contributed by atoms with van der Waals surface area (Å²) in [6, 6.07) is 2.09. The fraction of sp³-hybridized carbons (Fsp3) is 0.667. The molecule has 1 aromatic rings. The van der Waals surface area contributed by atoms with Gasteiger partial charge in [0.15, 0.2) is 0 Å². The third-order valence-corrected chi connectivity index (χ3v) is 5.78. The summed E-state index contributed by atoms with van der Waals surface area (Å²) >= 11 is 11.7. The van der Waals surface area contributed by atoms with Gasteiger partial charge in [-0.05, 0) is 46.1 Å². The van der Waals surface area contributed by atoms with Crippen LogP contribution in [0.5, 0.6) is 0 Å². The fourth-order valence-electron chi connectivity index (χ4n) is 2.34. The minimum Gasteiger partial charge on any atom is -0.146 e. The van der Waals surface area contributed by atoms with Gasteiger partial charge in [0.1, 0.15) is 0 Å². The Kier molecular flexibility index (Phi) is 4.53. The van der Waals surface area contributed by atoms with E-state index < -0.39 is 0 Å².